The maximum absolute atomic E-state index is 12.4. The van der Waals surface area contributed by atoms with E-state index in [1.807, 2.05) is 52.8 Å². The number of amides is 1. The van der Waals surface area contributed by atoms with Crippen LogP contribution in [0.2, 0.25) is 0 Å². The minimum atomic E-state index is -0.797. The SMILES string of the molecule is CCO[C@](C)(CC)C(=O)Nc1ccc(O[C@@H](C)CC)c(C)c1. The third kappa shape index (κ3) is 4.73. The van der Waals surface area contributed by atoms with E-state index < -0.39 is 5.60 Å². The first-order valence-electron chi connectivity index (χ1n) is 8.09. The van der Waals surface area contributed by atoms with Gasteiger partial charge in [-0.25, -0.2) is 0 Å². The summed E-state index contributed by atoms with van der Waals surface area (Å²) in [6, 6.07) is 5.70. The van der Waals surface area contributed by atoms with Crippen LogP contribution in [0.3, 0.4) is 0 Å². The summed E-state index contributed by atoms with van der Waals surface area (Å²) in [7, 11) is 0. The Morgan fingerprint density at radius 3 is 2.50 bits per heavy atom. The molecule has 0 saturated heterocycles. The molecular formula is C18H29NO3. The lowest BCUT2D eigenvalue weighted by Crippen LogP contribution is -2.42. The van der Waals surface area contributed by atoms with E-state index in [-0.39, 0.29) is 12.0 Å². The summed E-state index contributed by atoms with van der Waals surface area (Å²) < 4.78 is 11.4. The Kier molecular flexibility index (Phi) is 6.88. The number of hydrogen-bond donors (Lipinski definition) is 1. The topological polar surface area (TPSA) is 47.6 Å². The average molecular weight is 307 g/mol. The van der Waals surface area contributed by atoms with Gasteiger partial charge in [-0.3, -0.25) is 4.79 Å². The molecule has 1 aromatic carbocycles. The summed E-state index contributed by atoms with van der Waals surface area (Å²) in [6.45, 7) is 12.3. The number of rotatable bonds is 8. The number of anilines is 1. The van der Waals surface area contributed by atoms with Gasteiger partial charge in [-0.2, -0.15) is 0 Å². The lowest BCUT2D eigenvalue weighted by atomic mass is 10.0. The van der Waals surface area contributed by atoms with E-state index in [0.717, 1.165) is 23.4 Å². The largest absolute Gasteiger partial charge is 0.490 e. The molecule has 0 fully saturated rings. The molecule has 4 nitrogen and oxygen atoms in total. The minimum Gasteiger partial charge on any atom is -0.490 e. The zero-order chi connectivity index (χ0) is 16.8. The molecule has 0 unspecified atom stereocenters. The molecule has 4 heteroatoms. The minimum absolute atomic E-state index is 0.119. The Bertz CT molecular complexity index is 501. The van der Waals surface area contributed by atoms with Crippen molar-refractivity contribution in [3.63, 3.8) is 0 Å². The van der Waals surface area contributed by atoms with Gasteiger partial charge in [0.15, 0.2) is 0 Å². The molecule has 0 aliphatic carbocycles. The van der Waals surface area contributed by atoms with Crippen molar-refractivity contribution in [1.29, 1.82) is 0 Å². The zero-order valence-corrected chi connectivity index (χ0v) is 14.7. The number of ether oxygens (including phenoxy) is 2. The highest BCUT2D eigenvalue weighted by atomic mass is 16.5. The Morgan fingerprint density at radius 1 is 1.32 bits per heavy atom. The fraction of sp³-hybridized carbons (Fsp3) is 0.611. The van der Waals surface area contributed by atoms with Crippen molar-refractivity contribution < 1.29 is 14.3 Å². The second-order valence-corrected chi connectivity index (χ2v) is 5.79. The second kappa shape index (κ2) is 8.18. The van der Waals surface area contributed by atoms with Crippen LogP contribution >= 0.6 is 0 Å². The first-order chi connectivity index (χ1) is 10.4. The van der Waals surface area contributed by atoms with Gasteiger partial charge in [-0.05, 0) is 64.3 Å². The predicted octanol–water partition coefficient (Wildman–Crippen LogP) is 4.32. The molecule has 0 saturated carbocycles. The number of aryl methyl sites for hydroxylation is 1. The fourth-order valence-corrected chi connectivity index (χ4v) is 2.07. The quantitative estimate of drug-likeness (QED) is 0.778. The predicted molar refractivity (Wildman–Crippen MR) is 90.5 cm³/mol. The van der Waals surface area contributed by atoms with Gasteiger partial charge in [-0.15, -0.1) is 0 Å². The van der Waals surface area contributed by atoms with Crippen molar-refractivity contribution >= 4 is 11.6 Å². The second-order valence-electron chi connectivity index (χ2n) is 5.79. The first-order valence-corrected chi connectivity index (χ1v) is 8.09. The summed E-state index contributed by atoms with van der Waals surface area (Å²) in [5.41, 5.74) is 0.972. The molecule has 22 heavy (non-hydrogen) atoms. The van der Waals surface area contributed by atoms with Gasteiger partial charge in [-0.1, -0.05) is 13.8 Å². The van der Waals surface area contributed by atoms with E-state index >= 15 is 0 Å². The normalized spacial score (nSPS) is 15.0. The third-order valence-corrected chi connectivity index (χ3v) is 3.95. The van der Waals surface area contributed by atoms with Crippen LogP contribution in [-0.4, -0.2) is 24.2 Å². The number of hydrogen-bond acceptors (Lipinski definition) is 3. The molecule has 0 spiro atoms. The van der Waals surface area contributed by atoms with Gasteiger partial charge in [0, 0.05) is 12.3 Å². The summed E-state index contributed by atoms with van der Waals surface area (Å²) in [4.78, 5) is 12.4. The Hall–Kier alpha value is -1.55. The van der Waals surface area contributed by atoms with Crippen molar-refractivity contribution in [1.82, 2.24) is 0 Å². The molecular weight excluding hydrogens is 278 g/mol. The molecule has 1 aromatic rings. The lowest BCUT2D eigenvalue weighted by molar-refractivity contribution is -0.139. The van der Waals surface area contributed by atoms with Crippen molar-refractivity contribution in [2.45, 2.75) is 66.1 Å². The molecule has 124 valence electrons. The smallest absolute Gasteiger partial charge is 0.256 e. The molecule has 0 radical (unpaired) electrons. The molecule has 0 aliphatic heterocycles. The number of nitrogens with one attached hydrogen (secondary N) is 1. The van der Waals surface area contributed by atoms with Crippen LogP contribution in [-0.2, 0) is 9.53 Å². The van der Waals surface area contributed by atoms with Crippen molar-refractivity contribution in [3.8, 4) is 5.75 Å². The molecule has 0 bridgehead atoms. The van der Waals surface area contributed by atoms with Gasteiger partial charge in [0.2, 0.25) is 0 Å². The molecule has 0 heterocycles. The van der Waals surface area contributed by atoms with E-state index in [4.69, 9.17) is 9.47 Å². The van der Waals surface area contributed by atoms with Crippen LogP contribution in [0.5, 0.6) is 5.75 Å². The summed E-state index contributed by atoms with van der Waals surface area (Å²) in [6.07, 6.45) is 1.77. The number of benzene rings is 1. The first kappa shape index (κ1) is 18.5. The van der Waals surface area contributed by atoms with Crippen LogP contribution in [0.15, 0.2) is 18.2 Å². The van der Waals surface area contributed by atoms with E-state index in [9.17, 15) is 4.79 Å². The molecule has 1 amide bonds. The molecule has 1 rings (SSSR count). The van der Waals surface area contributed by atoms with Gasteiger partial charge >= 0.3 is 0 Å². The van der Waals surface area contributed by atoms with Crippen LogP contribution in [0.1, 0.15) is 53.0 Å². The summed E-state index contributed by atoms with van der Waals surface area (Å²) >= 11 is 0. The maximum Gasteiger partial charge on any atom is 0.256 e. The molecule has 1 N–H and O–H groups in total. The highest BCUT2D eigenvalue weighted by molar-refractivity contribution is 5.97. The third-order valence-electron chi connectivity index (χ3n) is 3.95. The van der Waals surface area contributed by atoms with Crippen LogP contribution < -0.4 is 10.1 Å². The van der Waals surface area contributed by atoms with Gasteiger partial charge < -0.3 is 14.8 Å². The van der Waals surface area contributed by atoms with Gasteiger partial charge in [0.25, 0.3) is 5.91 Å². The van der Waals surface area contributed by atoms with Gasteiger partial charge in [0.1, 0.15) is 11.4 Å². The zero-order valence-electron chi connectivity index (χ0n) is 14.7. The van der Waals surface area contributed by atoms with Gasteiger partial charge in [0.05, 0.1) is 6.10 Å². The number of carbonyl (C=O) groups is 1. The Labute approximate surface area is 134 Å². The summed E-state index contributed by atoms with van der Waals surface area (Å²) in [5.74, 6) is 0.738. The molecule has 0 aliphatic rings. The standard InChI is InChI=1S/C18H29NO3/c1-7-14(5)22-16-11-10-15(12-13(16)4)19-17(20)18(6,8-2)21-9-3/h10-12,14H,7-9H2,1-6H3,(H,19,20)/t14-,18+/m0/s1. The summed E-state index contributed by atoms with van der Waals surface area (Å²) in [5, 5.41) is 2.93. The van der Waals surface area contributed by atoms with Crippen molar-refractivity contribution in [2.75, 3.05) is 11.9 Å². The monoisotopic (exact) mass is 307 g/mol. The maximum atomic E-state index is 12.4. The van der Waals surface area contributed by atoms with Crippen molar-refractivity contribution in [2.24, 2.45) is 0 Å². The lowest BCUT2D eigenvalue weighted by Gasteiger charge is -2.27. The Balaban J connectivity index is 2.82. The van der Waals surface area contributed by atoms with E-state index in [2.05, 4.69) is 12.2 Å². The average Bonchev–Trinajstić information content (AvgIpc) is 2.49. The molecule has 0 aromatic heterocycles. The van der Waals surface area contributed by atoms with Crippen LogP contribution in [0.25, 0.3) is 0 Å². The van der Waals surface area contributed by atoms with Crippen molar-refractivity contribution in [3.05, 3.63) is 23.8 Å². The van der Waals surface area contributed by atoms with E-state index in [1.165, 1.54) is 0 Å². The fourth-order valence-electron chi connectivity index (χ4n) is 2.07. The highest BCUT2D eigenvalue weighted by Gasteiger charge is 2.31. The number of carbonyl (C=O) groups excluding carboxylic acids is 1. The van der Waals surface area contributed by atoms with Crippen LogP contribution in [0.4, 0.5) is 5.69 Å². The molecule has 2 atom stereocenters. The van der Waals surface area contributed by atoms with Crippen LogP contribution in [0, 0.1) is 6.92 Å². The van der Waals surface area contributed by atoms with E-state index in [1.54, 1.807) is 0 Å². The highest BCUT2D eigenvalue weighted by Crippen LogP contribution is 2.25. The Morgan fingerprint density at radius 2 is 2.00 bits per heavy atom. The van der Waals surface area contributed by atoms with E-state index in [0.29, 0.717) is 13.0 Å².